The summed E-state index contributed by atoms with van der Waals surface area (Å²) in [6.07, 6.45) is 1.75. The number of carbonyl (C=O) groups is 1. The summed E-state index contributed by atoms with van der Waals surface area (Å²) >= 11 is 1.63. The van der Waals surface area contributed by atoms with Crippen LogP contribution in [0.25, 0.3) is 0 Å². The maximum Gasteiger partial charge on any atom is 0.254 e. The third-order valence-corrected chi connectivity index (χ3v) is 4.39. The predicted octanol–water partition coefficient (Wildman–Crippen LogP) is 3.99. The van der Waals surface area contributed by atoms with Gasteiger partial charge in [-0.25, -0.2) is 0 Å². The van der Waals surface area contributed by atoms with Crippen LogP contribution in [0.4, 0.5) is 0 Å². The molecule has 2 heterocycles. The fourth-order valence-corrected chi connectivity index (χ4v) is 3.07. The van der Waals surface area contributed by atoms with Crippen LogP contribution >= 0.6 is 11.3 Å². The molecule has 122 valence electrons. The van der Waals surface area contributed by atoms with Crippen molar-refractivity contribution >= 4 is 17.2 Å². The van der Waals surface area contributed by atoms with E-state index in [-0.39, 0.29) is 5.91 Å². The first-order valence-electron chi connectivity index (χ1n) is 7.60. The van der Waals surface area contributed by atoms with Gasteiger partial charge in [0.25, 0.3) is 5.91 Å². The first-order chi connectivity index (χ1) is 11.8. The van der Waals surface area contributed by atoms with Crippen molar-refractivity contribution in [1.29, 1.82) is 0 Å². The summed E-state index contributed by atoms with van der Waals surface area (Å²) in [6, 6.07) is 15.0. The normalized spacial score (nSPS) is 10.4. The number of nitrogens with zero attached hydrogens (tertiary/aromatic N) is 2. The molecule has 0 aliphatic carbocycles. The summed E-state index contributed by atoms with van der Waals surface area (Å²) in [7, 11) is 1.61. The van der Waals surface area contributed by atoms with Gasteiger partial charge in [0.15, 0.2) is 0 Å². The number of pyridine rings is 1. The SMILES string of the molecule is COc1ccc(C(=O)N(Cc2ccsc2)Cc2ccccn2)cc1. The molecule has 0 fully saturated rings. The molecule has 1 aromatic carbocycles. The summed E-state index contributed by atoms with van der Waals surface area (Å²) in [6.45, 7) is 1.03. The fraction of sp³-hybridized carbons (Fsp3) is 0.158. The zero-order chi connectivity index (χ0) is 16.8. The fourth-order valence-electron chi connectivity index (χ4n) is 2.41. The van der Waals surface area contributed by atoms with Gasteiger partial charge in [-0.15, -0.1) is 0 Å². The highest BCUT2D eigenvalue weighted by Gasteiger charge is 2.17. The lowest BCUT2D eigenvalue weighted by Gasteiger charge is -2.22. The van der Waals surface area contributed by atoms with E-state index >= 15 is 0 Å². The average Bonchev–Trinajstić information content (AvgIpc) is 3.15. The van der Waals surface area contributed by atoms with Crippen LogP contribution in [-0.2, 0) is 13.1 Å². The number of amides is 1. The Balaban J connectivity index is 1.83. The number of benzene rings is 1. The van der Waals surface area contributed by atoms with Gasteiger partial charge in [-0.05, 0) is 58.8 Å². The number of ether oxygens (including phenoxy) is 1. The standard InChI is InChI=1S/C19H18N2O2S/c1-23-18-7-5-16(6-8-18)19(22)21(12-15-9-11-24-14-15)13-17-4-2-3-10-20-17/h2-11,14H,12-13H2,1H3. The van der Waals surface area contributed by atoms with E-state index in [0.29, 0.717) is 18.7 Å². The summed E-state index contributed by atoms with van der Waals surface area (Å²) in [5.41, 5.74) is 2.63. The zero-order valence-corrected chi connectivity index (χ0v) is 14.2. The van der Waals surface area contributed by atoms with E-state index in [9.17, 15) is 4.79 Å². The topological polar surface area (TPSA) is 42.4 Å². The Morgan fingerprint density at radius 2 is 1.96 bits per heavy atom. The molecule has 4 nitrogen and oxygen atoms in total. The molecule has 0 saturated heterocycles. The number of hydrogen-bond acceptors (Lipinski definition) is 4. The molecule has 0 N–H and O–H groups in total. The van der Waals surface area contributed by atoms with E-state index < -0.39 is 0 Å². The minimum atomic E-state index is -0.0190. The van der Waals surface area contributed by atoms with Crippen LogP contribution in [0.15, 0.2) is 65.5 Å². The van der Waals surface area contributed by atoms with Crippen LogP contribution in [-0.4, -0.2) is 22.9 Å². The molecular weight excluding hydrogens is 320 g/mol. The lowest BCUT2D eigenvalue weighted by molar-refractivity contribution is 0.0728. The molecule has 1 amide bonds. The molecular formula is C19H18N2O2S. The third-order valence-electron chi connectivity index (χ3n) is 3.66. The second kappa shape index (κ2) is 7.75. The zero-order valence-electron chi connectivity index (χ0n) is 13.4. The van der Waals surface area contributed by atoms with E-state index in [1.807, 2.05) is 34.5 Å². The number of rotatable bonds is 6. The van der Waals surface area contributed by atoms with Crippen LogP contribution in [0.1, 0.15) is 21.6 Å². The van der Waals surface area contributed by atoms with Crippen molar-refractivity contribution in [2.75, 3.05) is 7.11 Å². The molecule has 0 aliphatic heterocycles. The number of aromatic nitrogens is 1. The van der Waals surface area contributed by atoms with Gasteiger partial charge in [-0.1, -0.05) is 6.07 Å². The van der Waals surface area contributed by atoms with E-state index in [2.05, 4.69) is 10.4 Å². The molecule has 5 heteroatoms. The van der Waals surface area contributed by atoms with Crippen molar-refractivity contribution in [1.82, 2.24) is 9.88 Å². The van der Waals surface area contributed by atoms with E-state index in [1.165, 1.54) is 0 Å². The lowest BCUT2D eigenvalue weighted by atomic mass is 10.1. The molecule has 0 bridgehead atoms. The Kier molecular flexibility index (Phi) is 5.23. The van der Waals surface area contributed by atoms with Crippen LogP contribution in [0.3, 0.4) is 0 Å². The molecule has 0 unspecified atom stereocenters. The summed E-state index contributed by atoms with van der Waals surface area (Å²) < 4.78 is 5.16. The van der Waals surface area contributed by atoms with E-state index in [1.54, 1.807) is 48.9 Å². The minimum Gasteiger partial charge on any atom is -0.497 e. The number of methoxy groups -OCH3 is 1. The Morgan fingerprint density at radius 3 is 2.58 bits per heavy atom. The van der Waals surface area contributed by atoms with Crippen LogP contribution in [0.5, 0.6) is 5.75 Å². The average molecular weight is 338 g/mol. The molecule has 24 heavy (non-hydrogen) atoms. The van der Waals surface area contributed by atoms with Crippen molar-refractivity contribution in [3.05, 3.63) is 82.3 Å². The Hall–Kier alpha value is -2.66. The molecule has 0 radical (unpaired) electrons. The molecule has 0 saturated carbocycles. The lowest BCUT2D eigenvalue weighted by Crippen LogP contribution is -2.30. The van der Waals surface area contributed by atoms with Gasteiger partial charge in [0.05, 0.1) is 19.3 Å². The van der Waals surface area contributed by atoms with Crippen molar-refractivity contribution in [2.45, 2.75) is 13.1 Å². The molecule has 0 aliphatic rings. The highest BCUT2D eigenvalue weighted by Crippen LogP contribution is 2.17. The first kappa shape index (κ1) is 16.2. The summed E-state index contributed by atoms with van der Waals surface area (Å²) in [4.78, 5) is 19.1. The first-order valence-corrected chi connectivity index (χ1v) is 8.55. The van der Waals surface area contributed by atoms with Gasteiger partial charge >= 0.3 is 0 Å². The molecule has 2 aromatic heterocycles. The Morgan fingerprint density at radius 1 is 1.12 bits per heavy atom. The number of hydrogen-bond donors (Lipinski definition) is 0. The maximum absolute atomic E-state index is 12.9. The monoisotopic (exact) mass is 338 g/mol. The summed E-state index contributed by atoms with van der Waals surface area (Å²) in [5.74, 6) is 0.718. The largest absolute Gasteiger partial charge is 0.497 e. The highest BCUT2D eigenvalue weighted by atomic mass is 32.1. The van der Waals surface area contributed by atoms with Gasteiger partial charge in [-0.3, -0.25) is 9.78 Å². The van der Waals surface area contributed by atoms with Gasteiger partial charge in [0.1, 0.15) is 5.75 Å². The Bertz CT molecular complexity index is 771. The second-order valence-electron chi connectivity index (χ2n) is 5.34. The van der Waals surface area contributed by atoms with Crippen LogP contribution in [0, 0.1) is 0 Å². The van der Waals surface area contributed by atoms with E-state index in [0.717, 1.165) is 17.0 Å². The van der Waals surface area contributed by atoms with Crippen LogP contribution < -0.4 is 4.74 Å². The third kappa shape index (κ3) is 4.00. The van der Waals surface area contributed by atoms with Gasteiger partial charge in [0, 0.05) is 18.3 Å². The molecule has 3 rings (SSSR count). The molecule has 0 spiro atoms. The van der Waals surface area contributed by atoms with Gasteiger partial charge in [-0.2, -0.15) is 11.3 Å². The molecule has 3 aromatic rings. The Labute approximate surface area is 145 Å². The van der Waals surface area contributed by atoms with Gasteiger partial charge in [0.2, 0.25) is 0 Å². The van der Waals surface area contributed by atoms with Crippen molar-refractivity contribution in [2.24, 2.45) is 0 Å². The maximum atomic E-state index is 12.9. The summed E-state index contributed by atoms with van der Waals surface area (Å²) in [5, 5.41) is 4.08. The molecule has 0 atom stereocenters. The number of carbonyl (C=O) groups excluding carboxylic acids is 1. The van der Waals surface area contributed by atoms with Gasteiger partial charge < -0.3 is 9.64 Å². The van der Waals surface area contributed by atoms with Crippen molar-refractivity contribution in [3.63, 3.8) is 0 Å². The quantitative estimate of drug-likeness (QED) is 0.682. The number of thiophene rings is 1. The minimum absolute atomic E-state index is 0.0190. The van der Waals surface area contributed by atoms with Crippen molar-refractivity contribution < 1.29 is 9.53 Å². The van der Waals surface area contributed by atoms with Crippen LogP contribution in [0.2, 0.25) is 0 Å². The van der Waals surface area contributed by atoms with E-state index in [4.69, 9.17) is 4.74 Å². The second-order valence-corrected chi connectivity index (χ2v) is 6.12. The predicted molar refractivity (Wildman–Crippen MR) is 95.1 cm³/mol. The van der Waals surface area contributed by atoms with Crippen molar-refractivity contribution in [3.8, 4) is 5.75 Å². The smallest absolute Gasteiger partial charge is 0.254 e. The highest BCUT2D eigenvalue weighted by molar-refractivity contribution is 7.07.